The summed E-state index contributed by atoms with van der Waals surface area (Å²) < 4.78 is 10.9. The summed E-state index contributed by atoms with van der Waals surface area (Å²) in [7, 11) is 0. The molecule has 0 aliphatic carbocycles. The van der Waals surface area contributed by atoms with Crippen molar-refractivity contribution in [1.29, 1.82) is 0 Å². The van der Waals surface area contributed by atoms with Crippen molar-refractivity contribution in [3.8, 4) is 0 Å². The number of rotatable bonds is 3. The molecule has 2 fully saturated rings. The van der Waals surface area contributed by atoms with Crippen LogP contribution >= 0.6 is 0 Å². The molecule has 5 nitrogen and oxygen atoms in total. The van der Waals surface area contributed by atoms with Crippen LogP contribution < -0.4 is 5.32 Å². The van der Waals surface area contributed by atoms with E-state index in [1.54, 1.807) is 0 Å². The first-order chi connectivity index (χ1) is 9.77. The van der Waals surface area contributed by atoms with Gasteiger partial charge in [0.1, 0.15) is 5.60 Å². The number of amides is 1. The molecule has 1 amide bonds. The summed E-state index contributed by atoms with van der Waals surface area (Å²) in [6.07, 6.45) is 3.04. The summed E-state index contributed by atoms with van der Waals surface area (Å²) in [5, 5.41) is 3.63. The number of hydrogen-bond donors (Lipinski definition) is 1. The van der Waals surface area contributed by atoms with E-state index in [0.717, 1.165) is 52.1 Å². The van der Waals surface area contributed by atoms with E-state index in [-0.39, 0.29) is 6.09 Å². The summed E-state index contributed by atoms with van der Waals surface area (Å²) >= 11 is 0. The number of likely N-dealkylation sites (tertiary alicyclic amines) is 1. The normalized spacial score (nSPS) is 25.9. The number of carbonyl (C=O) groups excluding carboxylic acids is 1. The second-order valence-electron chi connectivity index (χ2n) is 7.72. The minimum absolute atomic E-state index is 0.191. The highest BCUT2D eigenvalue weighted by Gasteiger charge is 2.32. The molecule has 2 aliphatic heterocycles. The molecule has 0 saturated carbocycles. The third kappa shape index (κ3) is 5.15. The van der Waals surface area contributed by atoms with Gasteiger partial charge in [-0.25, -0.2) is 4.79 Å². The van der Waals surface area contributed by atoms with Crippen molar-refractivity contribution in [3.63, 3.8) is 0 Å². The van der Waals surface area contributed by atoms with Gasteiger partial charge in [0.05, 0.1) is 0 Å². The van der Waals surface area contributed by atoms with Crippen molar-refractivity contribution in [2.75, 3.05) is 32.8 Å². The van der Waals surface area contributed by atoms with Gasteiger partial charge < -0.3 is 19.7 Å². The van der Waals surface area contributed by atoms with Crippen LogP contribution in [-0.2, 0) is 9.47 Å². The highest BCUT2D eigenvalue weighted by Crippen LogP contribution is 2.29. The third-order valence-corrected chi connectivity index (χ3v) is 4.36. The molecule has 21 heavy (non-hydrogen) atoms. The summed E-state index contributed by atoms with van der Waals surface area (Å²) in [6.45, 7) is 12.3. The van der Waals surface area contributed by atoms with E-state index in [9.17, 15) is 4.79 Å². The molecule has 1 unspecified atom stereocenters. The van der Waals surface area contributed by atoms with Crippen LogP contribution in [-0.4, -0.2) is 55.5 Å². The van der Waals surface area contributed by atoms with Crippen LogP contribution in [0.25, 0.3) is 0 Å². The standard InChI is InChI=1S/C16H30N2O3/c1-15(2,3)21-14(19)18-8-5-13(11-18)17-12-16(4)6-9-20-10-7-16/h13,17H,5-12H2,1-4H3. The fourth-order valence-electron chi connectivity index (χ4n) is 2.85. The summed E-state index contributed by atoms with van der Waals surface area (Å²) in [4.78, 5) is 13.8. The van der Waals surface area contributed by atoms with Crippen LogP contribution in [0.4, 0.5) is 4.79 Å². The van der Waals surface area contributed by atoms with Crippen LogP contribution in [0.3, 0.4) is 0 Å². The van der Waals surface area contributed by atoms with Gasteiger partial charge in [0, 0.05) is 38.9 Å². The third-order valence-electron chi connectivity index (χ3n) is 4.36. The quantitative estimate of drug-likeness (QED) is 0.869. The molecular weight excluding hydrogens is 268 g/mol. The van der Waals surface area contributed by atoms with Gasteiger partial charge in [-0.3, -0.25) is 0 Å². The Morgan fingerprint density at radius 3 is 2.67 bits per heavy atom. The zero-order valence-electron chi connectivity index (χ0n) is 13.9. The molecule has 1 atom stereocenters. The Balaban J connectivity index is 1.74. The molecule has 122 valence electrons. The van der Waals surface area contributed by atoms with Crippen LogP contribution in [0.2, 0.25) is 0 Å². The molecule has 1 N–H and O–H groups in total. The maximum Gasteiger partial charge on any atom is 0.410 e. The number of carbonyl (C=O) groups is 1. The zero-order chi connectivity index (χ0) is 15.5. The summed E-state index contributed by atoms with van der Waals surface area (Å²) in [6, 6.07) is 0.386. The predicted octanol–water partition coefficient (Wildman–Crippen LogP) is 2.40. The lowest BCUT2D eigenvalue weighted by molar-refractivity contribution is 0.0223. The second kappa shape index (κ2) is 6.53. The Morgan fingerprint density at radius 2 is 2.05 bits per heavy atom. The number of nitrogens with zero attached hydrogens (tertiary/aromatic N) is 1. The van der Waals surface area contributed by atoms with Gasteiger partial charge in [-0.15, -0.1) is 0 Å². The minimum Gasteiger partial charge on any atom is -0.444 e. The molecule has 0 radical (unpaired) electrons. The second-order valence-corrected chi connectivity index (χ2v) is 7.72. The van der Waals surface area contributed by atoms with Gasteiger partial charge in [-0.2, -0.15) is 0 Å². The van der Waals surface area contributed by atoms with Crippen molar-refractivity contribution in [3.05, 3.63) is 0 Å². The van der Waals surface area contributed by atoms with E-state index >= 15 is 0 Å². The topological polar surface area (TPSA) is 50.8 Å². The van der Waals surface area contributed by atoms with Crippen molar-refractivity contribution in [2.24, 2.45) is 5.41 Å². The molecule has 0 aromatic heterocycles. The predicted molar refractivity (Wildman–Crippen MR) is 82.4 cm³/mol. The number of nitrogens with one attached hydrogen (secondary N) is 1. The Bertz CT molecular complexity index is 359. The molecule has 5 heteroatoms. The lowest BCUT2D eigenvalue weighted by Gasteiger charge is -2.34. The van der Waals surface area contributed by atoms with E-state index in [1.165, 1.54) is 0 Å². The van der Waals surface area contributed by atoms with Gasteiger partial charge in [0.25, 0.3) is 0 Å². The lowest BCUT2D eigenvalue weighted by atomic mass is 9.82. The molecule has 2 aliphatic rings. The molecule has 2 saturated heterocycles. The molecule has 0 aromatic carbocycles. The van der Waals surface area contributed by atoms with Gasteiger partial charge >= 0.3 is 6.09 Å². The monoisotopic (exact) mass is 298 g/mol. The Kier molecular flexibility index (Phi) is 5.15. The zero-order valence-corrected chi connectivity index (χ0v) is 13.9. The van der Waals surface area contributed by atoms with Crippen molar-refractivity contribution >= 4 is 6.09 Å². The highest BCUT2D eigenvalue weighted by molar-refractivity contribution is 5.68. The fraction of sp³-hybridized carbons (Fsp3) is 0.938. The van der Waals surface area contributed by atoms with Crippen LogP contribution in [0.15, 0.2) is 0 Å². The summed E-state index contributed by atoms with van der Waals surface area (Å²) in [5.41, 5.74) is -0.0875. The fourth-order valence-corrected chi connectivity index (χ4v) is 2.85. The highest BCUT2D eigenvalue weighted by atomic mass is 16.6. The molecule has 2 heterocycles. The van der Waals surface area contributed by atoms with E-state index in [0.29, 0.717) is 11.5 Å². The first-order valence-electron chi connectivity index (χ1n) is 8.07. The Hall–Kier alpha value is -0.810. The van der Waals surface area contributed by atoms with E-state index in [1.807, 2.05) is 25.7 Å². The Morgan fingerprint density at radius 1 is 1.38 bits per heavy atom. The molecular formula is C16H30N2O3. The SMILES string of the molecule is CC1(CNC2CCN(C(=O)OC(C)(C)C)C2)CCOCC1. The van der Waals surface area contributed by atoms with Crippen LogP contribution in [0, 0.1) is 5.41 Å². The lowest BCUT2D eigenvalue weighted by Crippen LogP contribution is -2.43. The van der Waals surface area contributed by atoms with E-state index in [4.69, 9.17) is 9.47 Å². The largest absolute Gasteiger partial charge is 0.444 e. The van der Waals surface area contributed by atoms with Gasteiger partial charge in [0.2, 0.25) is 0 Å². The summed E-state index contributed by atoms with van der Waals surface area (Å²) in [5.74, 6) is 0. The van der Waals surface area contributed by atoms with Gasteiger partial charge in [0.15, 0.2) is 0 Å². The average molecular weight is 298 g/mol. The van der Waals surface area contributed by atoms with E-state index < -0.39 is 5.60 Å². The molecule has 0 spiro atoms. The number of hydrogen-bond acceptors (Lipinski definition) is 4. The van der Waals surface area contributed by atoms with Crippen molar-refractivity contribution in [2.45, 2.75) is 58.6 Å². The first-order valence-corrected chi connectivity index (χ1v) is 8.07. The minimum atomic E-state index is -0.418. The van der Waals surface area contributed by atoms with E-state index in [2.05, 4.69) is 12.2 Å². The van der Waals surface area contributed by atoms with Gasteiger partial charge in [-0.05, 0) is 45.4 Å². The first kappa shape index (κ1) is 16.6. The Labute approximate surface area is 128 Å². The van der Waals surface area contributed by atoms with Crippen LogP contribution in [0.5, 0.6) is 0 Å². The maximum absolute atomic E-state index is 12.0. The number of ether oxygens (including phenoxy) is 2. The molecule has 0 bridgehead atoms. The maximum atomic E-state index is 12.0. The van der Waals surface area contributed by atoms with Crippen molar-refractivity contribution < 1.29 is 14.3 Å². The van der Waals surface area contributed by atoms with Gasteiger partial charge in [-0.1, -0.05) is 6.92 Å². The molecule has 0 aromatic rings. The average Bonchev–Trinajstić information content (AvgIpc) is 2.84. The van der Waals surface area contributed by atoms with Crippen molar-refractivity contribution in [1.82, 2.24) is 10.2 Å². The van der Waals surface area contributed by atoms with Crippen LogP contribution in [0.1, 0.15) is 47.0 Å². The molecule has 2 rings (SSSR count). The smallest absolute Gasteiger partial charge is 0.410 e.